The van der Waals surface area contributed by atoms with E-state index in [0.717, 1.165) is 6.54 Å². The van der Waals surface area contributed by atoms with Gasteiger partial charge in [0.15, 0.2) is 0 Å². The van der Waals surface area contributed by atoms with Crippen molar-refractivity contribution in [3.8, 4) is 0 Å². The topological polar surface area (TPSA) is 48.5 Å². The highest BCUT2D eigenvalue weighted by molar-refractivity contribution is 5.58. The molecular formula is C6H18N5+. The van der Waals surface area contributed by atoms with Crippen molar-refractivity contribution in [1.82, 2.24) is 16.2 Å². The summed E-state index contributed by atoms with van der Waals surface area (Å²) in [5.41, 5.74) is 5.98. The summed E-state index contributed by atoms with van der Waals surface area (Å²) in [5.74, 6) is 0. The third-order valence-corrected chi connectivity index (χ3v) is 1.48. The van der Waals surface area contributed by atoms with E-state index >= 15 is 0 Å². The minimum Gasteiger partial charge on any atom is -0.315 e. The average Bonchev–Trinajstić information content (AvgIpc) is 2.05. The van der Waals surface area contributed by atoms with Gasteiger partial charge in [0.1, 0.15) is 7.05 Å². The summed E-state index contributed by atoms with van der Waals surface area (Å²) >= 11 is 0. The number of nitrogens with one attached hydrogen (secondary N) is 3. The first kappa shape index (κ1) is 10.5. The molecule has 0 aromatic rings. The van der Waals surface area contributed by atoms with Gasteiger partial charge in [0.2, 0.25) is 0 Å². The molecule has 0 aliphatic carbocycles. The van der Waals surface area contributed by atoms with Crippen LogP contribution in [-0.2, 0) is 0 Å². The van der Waals surface area contributed by atoms with Gasteiger partial charge >= 0.3 is 0 Å². The summed E-state index contributed by atoms with van der Waals surface area (Å²) in [4.78, 5) is 0.279. The van der Waals surface area contributed by atoms with Crippen molar-refractivity contribution >= 4 is 6.21 Å². The third-order valence-electron chi connectivity index (χ3n) is 1.48. The van der Waals surface area contributed by atoms with Crippen molar-refractivity contribution in [2.45, 2.75) is 0 Å². The van der Waals surface area contributed by atoms with Crippen molar-refractivity contribution < 1.29 is 4.81 Å². The Hall–Kier alpha value is -0.490. The molecule has 0 saturated heterocycles. The molecule has 5 heteroatoms. The number of hydrogen-bond donors (Lipinski definition) is 3. The predicted octanol–water partition coefficient (Wildman–Crippen LogP) is -1.09. The van der Waals surface area contributed by atoms with Crippen molar-refractivity contribution in [3.63, 3.8) is 0 Å². The van der Waals surface area contributed by atoms with Gasteiger partial charge in [-0.1, -0.05) is 9.91 Å². The molecule has 0 atom stereocenters. The normalized spacial score (nSPS) is 12.7. The molecule has 11 heavy (non-hydrogen) atoms. The molecule has 5 nitrogen and oxygen atoms in total. The number of quaternary nitrogens is 1. The van der Waals surface area contributed by atoms with Gasteiger partial charge in [-0.05, 0) is 7.05 Å². The highest BCUT2D eigenvalue weighted by atomic mass is 16.0. The van der Waals surface area contributed by atoms with Crippen LogP contribution in [0.3, 0.4) is 0 Å². The molecule has 0 bridgehead atoms. The molecular weight excluding hydrogens is 142 g/mol. The molecule has 0 rings (SSSR count). The van der Waals surface area contributed by atoms with Crippen LogP contribution >= 0.6 is 0 Å². The Labute approximate surface area is 68.0 Å². The lowest BCUT2D eigenvalue weighted by Gasteiger charge is -2.22. The second kappa shape index (κ2) is 5.20. The quantitative estimate of drug-likeness (QED) is 0.272. The molecule has 0 saturated carbocycles. The lowest BCUT2D eigenvalue weighted by atomic mass is 10.7. The first-order valence-corrected chi connectivity index (χ1v) is 3.61. The Morgan fingerprint density at radius 1 is 1.27 bits per heavy atom. The minimum atomic E-state index is 0.279. The number of rotatable bonds is 5. The molecule has 3 N–H and O–H groups in total. The van der Waals surface area contributed by atoms with Crippen LogP contribution in [0.1, 0.15) is 0 Å². The van der Waals surface area contributed by atoms with Crippen LogP contribution in [0.25, 0.3) is 0 Å². The van der Waals surface area contributed by atoms with E-state index in [2.05, 4.69) is 21.3 Å². The fraction of sp³-hybridized carbons (Fsp3) is 0.833. The van der Waals surface area contributed by atoms with E-state index in [-0.39, 0.29) is 4.81 Å². The molecule has 66 valence electrons. The summed E-state index contributed by atoms with van der Waals surface area (Å²) in [5, 5.41) is 7.18. The van der Waals surface area contributed by atoms with E-state index in [1.165, 1.54) is 0 Å². The molecule has 0 spiro atoms. The van der Waals surface area contributed by atoms with Gasteiger partial charge in [0.25, 0.3) is 0 Å². The van der Waals surface area contributed by atoms with E-state index in [4.69, 9.17) is 0 Å². The molecule has 0 radical (unpaired) electrons. The Balaban J connectivity index is 3.85. The zero-order valence-electron chi connectivity index (χ0n) is 7.68. The lowest BCUT2D eigenvalue weighted by molar-refractivity contribution is -0.995. The summed E-state index contributed by atoms with van der Waals surface area (Å²) < 4.78 is 0. The maximum Gasteiger partial charge on any atom is 0.132 e. The van der Waals surface area contributed by atoms with E-state index in [0.29, 0.717) is 0 Å². The fourth-order valence-electron chi connectivity index (χ4n) is 0.523. The van der Waals surface area contributed by atoms with Gasteiger partial charge in [-0.25, -0.2) is 0 Å². The molecule has 0 fully saturated rings. The average molecular weight is 160 g/mol. The maximum atomic E-state index is 4.21. The van der Waals surface area contributed by atoms with Gasteiger partial charge < -0.3 is 5.32 Å². The SMILES string of the molecule is CNC/C=N/[N+](C)(NC)NC. The van der Waals surface area contributed by atoms with Crippen molar-refractivity contribution in [3.05, 3.63) is 0 Å². The second-order valence-electron chi connectivity index (χ2n) is 2.26. The molecule has 0 aliphatic rings. The van der Waals surface area contributed by atoms with E-state index in [9.17, 15) is 0 Å². The monoisotopic (exact) mass is 160 g/mol. The molecule has 0 aliphatic heterocycles. The van der Waals surface area contributed by atoms with Crippen LogP contribution < -0.4 is 16.2 Å². The van der Waals surface area contributed by atoms with Crippen molar-refractivity contribution in [2.75, 3.05) is 34.7 Å². The standard InChI is InChI=1S/C6H18N5/c1-7-5-6-10-11(4,8-2)9-3/h6-9H,5H2,1-4H3/q+1/b10-6+. The van der Waals surface area contributed by atoms with Crippen LogP contribution in [0.5, 0.6) is 0 Å². The van der Waals surface area contributed by atoms with Gasteiger partial charge in [0.05, 0.1) is 6.21 Å². The lowest BCUT2D eigenvalue weighted by Crippen LogP contribution is -2.56. The van der Waals surface area contributed by atoms with E-state index in [1.54, 1.807) is 0 Å². The number of nitrogens with zero attached hydrogens (tertiary/aromatic N) is 2. The number of hydrogen-bond acceptors (Lipinski definition) is 4. The van der Waals surface area contributed by atoms with Gasteiger partial charge in [-0.2, -0.15) is 0 Å². The van der Waals surface area contributed by atoms with Gasteiger partial charge in [-0.3, -0.25) is 0 Å². The molecule has 0 amide bonds. The summed E-state index contributed by atoms with van der Waals surface area (Å²) in [6.07, 6.45) is 1.81. The zero-order valence-corrected chi connectivity index (χ0v) is 7.68. The fourth-order valence-corrected chi connectivity index (χ4v) is 0.523. The van der Waals surface area contributed by atoms with E-state index < -0.39 is 0 Å². The Morgan fingerprint density at radius 3 is 2.18 bits per heavy atom. The highest BCUT2D eigenvalue weighted by Crippen LogP contribution is 1.86. The summed E-state index contributed by atoms with van der Waals surface area (Å²) in [7, 11) is 7.47. The largest absolute Gasteiger partial charge is 0.315 e. The third kappa shape index (κ3) is 4.05. The Bertz CT molecular complexity index is 118. The van der Waals surface area contributed by atoms with Crippen LogP contribution in [0.15, 0.2) is 5.10 Å². The van der Waals surface area contributed by atoms with E-state index in [1.807, 2.05) is 34.4 Å². The minimum absolute atomic E-state index is 0.279. The predicted molar refractivity (Wildman–Crippen MR) is 46.7 cm³/mol. The molecule has 0 unspecified atom stereocenters. The first-order valence-electron chi connectivity index (χ1n) is 3.61. The Morgan fingerprint density at radius 2 is 1.82 bits per heavy atom. The summed E-state index contributed by atoms with van der Waals surface area (Å²) in [6, 6.07) is 0. The second-order valence-corrected chi connectivity index (χ2v) is 2.26. The Kier molecular flexibility index (Phi) is 4.97. The maximum absolute atomic E-state index is 4.21. The highest BCUT2D eigenvalue weighted by Gasteiger charge is 2.13. The first-order chi connectivity index (χ1) is 5.18. The van der Waals surface area contributed by atoms with Crippen molar-refractivity contribution in [1.29, 1.82) is 0 Å². The van der Waals surface area contributed by atoms with Gasteiger partial charge in [0, 0.05) is 20.6 Å². The summed E-state index contributed by atoms with van der Waals surface area (Å²) in [6.45, 7) is 0.775. The smallest absolute Gasteiger partial charge is 0.132 e. The molecule has 0 aromatic heterocycles. The van der Waals surface area contributed by atoms with Crippen molar-refractivity contribution in [2.24, 2.45) is 5.10 Å². The van der Waals surface area contributed by atoms with Crippen LogP contribution in [0.4, 0.5) is 0 Å². The molecule has 0 heterocycles. The zero-order chi connectivity index (χ0) is 8.74. The van der Waals surface area contributed by atoms with Crippen LogP contribution in [0, 0.1) is 0 Å². The molecule has 0 aromatic carbocycles. The van der Waals surface area contributed by atoms with Crippen LogP contribution in [-0.4, -0.2) is 45.8 Å². The van der Waals surface area contributed by atoms with Gasteiger partial charge in [-0.15, -0.1) is 10.9 Å². The van der Waals surface area contributed by atoms with Crippen LogP contribution in [0.2, 0.25) is 0 Å².